The summed E-state index contributed by atoms with van der Waals surface area (Å²) in [4.78, 5) is 15.4. The van der Waals surface area contributed by atoms with Crippen molar-refractivity contribution in [3.05, 3.63) is 46.9 Å². The van der Waals surface area contributed by atoms with E-state index in [4.69, 9.17) is 4.74 Å². The molecule has 1 aliphatic rings. The zero-order chi connectivity index (χ0) is 16.5. The summed E-state index contributed by atoms with van der Waals surface area (Å²) >= 11 is 1.72. The first-order valence-corrected chi connectivity index (χ1v) is 8.98. The minimum Gasteiger partial charge on any atom is -0.379 e. The molecule has 3 aromatic heterocycles. The van der Waals surface area contributed by atoms with Crippen molar-refractivity contribution in [1.82, 2.24) is 15.0 Å². The summed E-state index contributed by atoms with van der Waals surface area (Å²) in [5, 5.41) is 4.77. The zero-order valence-corrected chi connectivity index (χ0v) is 14.6. The van der Waals surface area contributed by atoms with E-state index in [1.54, 1.807) is 17.7 Å². The molecular weight excluding hydrogens is 320 g/mol. The summed E-state index contributed by atoms with van der Waals surface area (Å²) in [5.41, 5.74) is 2.56. The average molecular weight is 340 g/mol. The smallest absolute Gasteiger partial charge is 0.138 e. The molecule has 1 aliphatic heterocycles. The first-order valence-electron chi connectivity index (χ1n) is 8.16. The second-order valence-corrected chi connectivity index (χ2v) is 7.50. The highest BCUT2D eigenvalue weighted by atomic mass is 32.1. The molecule has 0 aromatic carbocycles. The molecule has 0 radical (unpaired) electrons. The number of ether oxygens (including phenoxy) is 1. The highest BCUT2D eigenvalue weighted by Crippen LogP contribution is 2.33. The molecule has 2 atom stereocenters. The lowest BCUT2D eigenvalue weighted by atomic mass is 9.95. The molecule has 4 rings (SSSR count). The summed E-state index contributed by atoms with van der Waals surface area (Å²) in [7, 11) is 0. The fraction of sp³-hybridized carbons (Fsp3) is 0.389. The van der Waals surface area contributed by atoms with E-state index in [0.717, 1.165) is 29.1 Å². The summed E-state index contributed by atoms with van der Waals surface area (Å²) in [6.45, 7) is 5.76. The third-order valence-electron chi connectivity index (χ3n) is 4.73. The Kier molecular flexibility index (Phi) is 4.16. The van der Waals surface area contributed by atoms with Crippen molar-refractivity contribution < 1.29 is 4.74 Å². The summed E-state index contributed by atoms with van der Waals surface area (Å²) in [5.74, 6) is 1.36. The van der Waals surface area contributed by atoms with Gasteiger partial charge in [0.05, 0.1) is 24.6 Å². The molecule has 124 valence electrons. The molecular formula is C18H20N4OS. The number of thiophene rings is 1. The number of fused-ring (bicyclic) bond motifs is 1. The minimum atomic E-state index is 0.260. The standard InChI is InChI=1S/C18H20N4OS/c1-11-12(2)24-18-16(11)17(20-10-21-18)22-15-9-23-8-14(15)7-13-3-5-19-6-4-13/h3-6,10,14-15H,7-9H2,1-2H3,(H,20,21,22)/t14-,15-/m1/s1. The van der Waals surface area contributed by atoms with Crippen molar-refractivity contribution >= 4 is 27.4 Å². The van der Waals surface area contributed by atoms with Crippen LogP contribution in [0.5, 0.6) is 0 Å². The molecule has 0 saturated carbocycles. The maximum Gasteiger partial charge on any atom is 0.138 e. The first-order chi connectivity index (χ1) is 11.7. The third kappa shape index (κ3) is 2.87. The Morgan fingerprint density at radius 1 is 1.21 bits per heavy atom. The largest absolute Gasteiger partial charge is 0.379 e. The molecule has 4 heterocycles. The number of hydrogen-bond acceptors (Lipinski definition) is 6. The van der Waals surface area contributed by atoms with Crippen LogP contribution in [0, 0.1) is 19.8 Å². The van der Waals surface area contributed by atoms with Crippen molar-refractivity contribution in [3.63, 3.8) is 0 Å². The third-order valence-corrected chi connectivity index (χ3v) is 5.85. The van der Waals surface area contributed by atoms with Crippen molar-refractivity contribution in [2.45, 2.75) is 26.3 Å². The maximum absolute atomic E-state index is 5.74. The van der Waals surface area contributed by atoms with Gasteiger partial charge in [-0.15, -0.1) is 11.3 Å². The Hall–Kier alpha value is -2.05. The van der Waals surface area contributed by atoms with E-state index in [-0.39, 0.29) is 6.04 Å². The van der Waals surface area contributed by atoms with Gasteiger partial charge in [0.15, 0.2) is 0 Å². The number of nitrogens with zero attached hydrogens (tertiary/aromatic N) is 3. The van der Waals surface area contributed by atoms with E-state index in [1.807, 2.05) is 12.4 Å². The van der Waals surface area contributed by atoms with Gasteiger partial charge in [0, 0.05) is 23.2 Å². The monoisotopic (exact) mass is 340 g/mol. The van der Waals surface area contributed by atoms with Crippen molar-refractivity contribution in [2.24, 2.45) is 5.92 Å². The number of nitrogens with one attached hydrogen (secondary N) is 1. The van der Waals surface area contributed by atoms with Crippen LogP contribution in [0.2, 0.25) is 0 Å². The number of aromatic nitrogens is 3. The van der Waals surface area contributed by atoms with Crippen LogP contribution < -0.4 is 5.32 Å². The van der Waals surface area contributed by atoms with E-state index in [9.17, 15) is 0 Å². The summed E-state index contributed by atoms with van der Waals surface area (Å²) in [6, 6.07) is 4.41. The Labute approximate surface area is 145 Å². The van der Waals surface area contributed by atoms with Gasteiger partial charge >= 0.3 is 0 Å². The molecule has 24 heavy (non-hydrogen) atoms. The highest BCUT2D eigenvalue weighted by Gasteiger charge is 2.29. The van der Waals surface area contributed by atoms with Gasteiger partial charge in [-0.25, -0.2) is 9.97 Å². The van der Waals surface area contributed by atoms with E-state index in [2.05, 4.69) is 46.2 Å². The maximum atomic E-state index is 5.74. The quantitative estimate of drug-likeness (QED) is 0.789. The molecule has 1 fully saturated rings. The van der Waals surface area contributed by atoms with Crippen molar-refractivity contribution in [2.75, 3.05) is 18.5 Å². The predicted molar refractivity (Wildman–Crippen MR) is 96.5 cm³/mol. The van der Waals surface area contributed by atoms with Crippen LogP contribution in [0.1, 0.15) is 16.0 Å². The highest BCUT2D eigenvalue weighted by molar-refractivity contribution is 7.18. The lowest BCUT2D eigenvalue weighted by molar-refractivity contribution is 0.185. The number of pyridine rings is 1. The fourth-order valence-electron chi connectivity index (χ4n) is 3.25. The second-order valence-electron chi connectivity index (χ2n) is 6.29. The Morgan fingerprint density at radius 3 is 2.88 bits per heavy atom. The fourth-order valence-corrected chi connectivity index (χ4v) is 4.25. The minimum absolute atomic E-state index is 0.260. The molecule has 0 bridgehead atoms. The van der Waals surface area contributed by atoms with E-state index in [0.29, 0.717) is 12.5 Å². The molecule has 5 nitrogen and oxygen atoms in total. The first kappa shape index (κ1) is 15.5. The number of rotatable bonds is 4. The van der Waals surface area contributed by atoms with Crippen molar-refractivity contribution in [3.8, 4) is 0 Å². The van der Waals surface area contributed by atoms with Crippen LogP contribution in [-0.4, -0.2) is 34.2 Å². The molecule has 0 amide bonds. The van der Waals surface area contributed by atoms with Gasteiger partial charge in [0.2, 0.25) is 0 Å². The van der Waals surface area contributed by atoms with Crippen LogP contribution in [-0.2, 0) is 11.2 Å². The van der Waals surface area contributed by atoms with Gasteiger partial charge in [0.1, 0.15) is 17.0 Å². The van der Waals surface area contributed by atoms with E-state index >= 15 is 0 Å². The lowest BCUT2D eigenvalue weighted by Crippen LogP contribution is -2.29. The topological polar surface area (TPSA) is 59.9 Å². The van der Waals surface area contributed by atoms with Gasteiger partial charge in [-0.3, -0.25) is 4.98 Å². The van der Waals surface area contributed by atoms with Gasteiger partial charge < -0.3 is 10.1 Å². The van der Waals surface area contributed by atoms with Crippen LogP contribution in [0.4, 0.5) is 5.82 Å². The van der Waals surface area contributed by atoms with Crippen molar-refractivity contribution in [1.29, 1.82) is 0 Å². The summed E-state index contributed by atoms with van der Waals surface area (Å²) in [6.07, 6.45) is 6.32. The SMILES string of the molecule is Cc1sc2ncnc(N[C@@H]3COC[C@H]3Cc3ccncc3)c2c1C. The predicted octanol–water partition coefficient (Wildman–Crippen LogP) is 3.37. The molecule has 3 aromatic rings. The Morgan fingerprint density at radius 2 is 2.04 bits per heavy atom. The molecule has 0 spiro atoms. The van der Waals surface area contributed by atoms with Gasteiger partial charge in [0.25, 0.3) is 0 Å². The van der Waals surface area contributed by atoms with Crippen LogP contribution in [0.15, 0.2) is 30.9 Å². The second kappa shape index (κ2) is 6.45. The Bertz CT molecular complexity index is 849. The van der Waals surface area contributed by atoms with Gasteiger partial charge in [-0.05, 0) is 43.5 Å². The number of anilines is 1. The van der Waals surface area contributed by atoms with Crippen LogP contribution >= 0.6 is 11.3 Å². The Balaban J connectivity index is 1.58. The molecule has 0 unspecified atom stereocenters. The molecule has 6 heteroatoms. The molecule has 1 N–H and O–H groups in total. The van der Waals surface area contributed by atoms with Crippen LogP contribution in [0.25, 0.3) is 10.2 Å². The number of hydrogen-bond donors (Lipinski definition) is 1. The molecule has 1 saturated heterocycles. The van der Waals surface area contributed by atoms with E-state index in [1.165, 1.54) is 16.0 Å². The zero-order valence-electron chi connectivity index (χ0n) is 13.8. The number of aryl methyl sites for hydroxylation is 2. The summed E-state index contributed by atoms with van der Waals surface area (Å²) < 4.78 is 5.74. The lowest BCUT2D eigenvalue weighted by Gasteiger charge is -2.20. The van der Waals surface area contributed by atoms with Gasteiger partial charge in [-0.2, -0.15) is 0 Å². The van der Waals surface area contributed by atoms with E-state index < -0.39 is 0 Å². The van der Waals surface area contributed by atoms with Gasteiger partial charge in [-0.1, -0.05) is 0 Å². The normalized spacial score (nSPS) is 20.6. The van der Waals surface area contributed by atoms with Crippen LogP contribution in [0.3, 0.4) is 0 Å². The average Bonchev–Trinajstić information content (AvgIpc) is 3.14. The molecule has 0 aliphatic carbocycles.